The average molecular weight is 240 g/mol. The van der Waals surface area contributed by atoms with Crippen LogP contribution < -0.4 is 0 Å². The second-order valence-corrected chi connectivity index (χ2v) is 12.0. The minimum absolute atomic E-state index is 0.270. The van der Waals surface area contributed by atoms with E-state index in [0.717, 1.165) is 19.4 Å². The Morgan fingerprint density at radius 2 is 2.06 bits per heavy atom. The SMILES string of the molecule is CC(C)(C)[Si](C)(C)OCC12CC(=O)CC1C2. The van der Waals surface area contributed by atoms with Crippen molar-refractivity contribution in [3.8, 4) is 0 Å². The number of rotatable bonds is 3. The normalized spacial score (nSPS) is 34.1. The van der Waals surface area contributed by atoms with Crippen molar-refractivity contribution in [2.75, 3.05) is 6.61 Å². The van der Waals surface area contributed by atoms with Crippen molar-refractivity contribution < 1.29 is 9.22 Å². The summed E-state index contributed by atoms with van der Waals surface area (Å²) >= 11 is 0. The molecule has 2 fully saturated rings. The zero-order chi connectivity index (χ0) is 12.2. The maximum absolute atomic E-state index is 11.4. The van der Waals surface area contributed by atoms with Gasteiger partial charge in [0.15, 0.2) is 8.32 Å². The molecule has 3 heteroatoms. The van der Waals surface area contributed by atoms with Gasteiger partial charge in [0, 0.05) is 24.9 Å². The van der Waals surface area contributed by atoms with Crippen LogP contribution in [0.3, 0.4) is 0 Å². The molecule has 0 saturated heterocycles. The Kier molecular flexibility index (Phi) is 2.63. The van der Waals surface area contributed by atoms with Crippen LogP contribution in [0.4, 0.5) is 0 Å². The van der Waals surface area contributed by atoms with Gasteiger partial charge in [0.2, 0.25) is 0 Å². The van der Waals surface area contributed by atoms with Gasteiger partial charge in [-0.1, -0.05) is 20.8 Å². The monoisotopic (exact) mass is 240 g/mol. The van der Waals surface area contributed by atoms with Gasteiger partial charge in [-0.05, 0) is 30.5 Å². The molecule has 0 heterocycles. The minimum Gasteiger partial charge on any atom is -0.416 e. The fourth-order valence-corrected chi connectivity index (χ4v) is 3.53. The number of Topliss-reactive ketones (excluding diaryl/α,β-unsaturated/α-hetero) is 1. The van der Waals surface area contributed by atoms with E-state index in [1.807, 2.05) is 0 Å². The van der Waals surface area contributed by atoms with Gasteiger partial charge in [-0.2, -0.15) is 0 Å². The van der Waals surface area contributed by atoms with Gasteiger partial charge in [0.1, 0.15) is 5.78 Å². The lowest BCUT2D eigenvalue weighted by Crippen LogP contribution is -2.42. The predicted octanol–water partition coefficient (Wildman–Crippen LogP) is 3.38. The first-order valence-corrected chi connectivity index (χ1v) is 9.23. The topological polar surface area (TPSA) is 26.3 Å². The lowest BCUT2D eigenvalue weighted by Gasteiger charge is -2.37. The Balaban J connectivity index is 1.92. The molecular formula is C13H24O2Si. The number of ketones is 1. The van der Waals surface area contributed by atoms with Crippen LogP contribution in [0.25, 0.3) is 0 Å². The second-order valence-electron chi connectivity index (χ2n) is 7.23. The molecule has 0 aromatic heterocycles. The fourth-order valence-electron chi connectivity index (χ4n) is 2.45. The number of hydrogen-bond acceptors (Lipinski definition) is 2. The molecule has 2 unspecified atom stereocenters. The van der Waals surface area contributed by atoms with Crippen LogP contribution in [0, 0.1) is 11.3 Å². The van der Waals surface area contributed by atoms with Crippen molar-refractivity contribution in [2.24, 2.45) is 11.3 Å². The number of fused-ring (bicyclic) bond motifs is 1. The minimum atomic E-state index is -1.63. The van der Waals surface area contributed by atoms with Crippen molar-refractivity contribution in [3.05, 3.63) is 0 Å². The summed E-state index contributed by atoms with van der Waals surface area (Å²) in [5.74, 6) is 1.11. The highest BCUT2D eigenvalue weighted by molar-refractivity contribution is 6.74. The largest absolute Gasteiger partial charge is 0.416 e. The maximum atomic E-state index is 11.4. The standard InChI is InChI=1S/C13H24O2Si/c1-12(2,3)16(4,5)15-9-13-7-10(13)6-11(14)8-13/h10H,6-9H2,1-5H3. The number of carbonyl (C=O) groups is 1. The van der Waals surface area contributed by atoms with Crippen molar-refractivity contribution in [1.82, 2.24) is 0 Å². The Morgan fingerprint density at radius 3 is 2.50 bits per heavy atom. The van der Waals surface area contributed by atoms with Gasteiger partial charge in [0.25, 0.3) is 0 Å². The Labute approximate surface area is 99.9 Å². The van der Waals surface area contributed by atoms with E-state index in [9.17, 15) is 4.79 Å². The highest BCUT2D eigenvalue weighted by Crippen LogP contribution is 2.62. The highest BCUT2D eigenvalue weighted by atomic mass is 28.4. The molecule has 0 amide bonds. The van der Waals surface area contributed by atoms with Gasteiger partial charge in [-0.15, -0.1) is 0 Å². The first kappa shape index (κ1) is 12.3. The second kappa shape index (κ2) is 3.42. The van der Waals surface area contributed by atoms with Crippen LogP contribution in [-0.2, 0) is 9.22 Å². The van der Waals surface area contributed by atoms with E-state index < -0.39 is 8.32 Å². The molecule has 0 bridgehead atoms. The summed E-state index contributed by atoms with van der Waals surface area (Å²) in [6.45, 7) is 12.2. The summed E-state index contributed by atoms with van der Waals surface area (Å²) in [5.41, 5.74) is 0.270. The van der Waals surface area contributed by atoms with Crippen LogP contribution in [0.1, 0.15) is 40.0 Å². The van der Waals surface area contributed by atoms with E-state index >= 15 is 0 Å². The zero-order valence-corrected chi connectivity index (χ0v) is 12.2. The van der Waals surface area contributed by atoms with Gasteiger partial charge >= 0.3 is 0 Å². The van der Waals surface area contributed by atoms with E-state index in [0.29, 0.717) is 11.7 Å². The lowest BCUT2D eigenvalue weighted by atomic mass is 10.1. The summed E-state index contributed by atoms with van der Waals surface area (Å²) in [4.78, 5) is 11.4. The third-order valence-electron chi connectivity index (χ3n) is 4.91. The molecule has 2 rings (SSSR count). The van der Waals surface area contributed by atoms with Crippen LogP contribution in [0.15, 0.2) is 0 Å². The smallest absolute Gasteiger partial charge is 0.192 e. The number of carbonyl (C=O) groups excluding carboxylic acids is 1. The molecular weight excluding hydrogens is 216 g/mol. The first-order chi connectivity index (χ1) is 7.16. The summed E-state index contributed by atoms with van der Waals surface area (Å²) in [6.07, 6.45) is 2.83. The van der Waals surface area contributed by atoms with Crippen molar-refractivity contribution in [1.29, 1.82) is 0 Å². The summed E-state index contributed by atoms with van der Waals surface area (Å²) in [7, 11) is -1.63. The Bertz CT molecular complexity index is 316. The average Bonchev–Trinajstić information content (AvgIpc) is 2.65. The molecule has 0 aliphatic heterocycles. The molecule has 0 radical (unpaired) electrons. The molecule has 92 valence electrons. The molecule has 0 spiro atoms. The van der Waals surface area contributed by atoms with Crippen LogP contribution in [-0.4, -0.2) is 20.7 Å². The van der Waals surface area contributed by atoms with E-state index in [-0.39, 0.29) is 10.5 Å². The summed E-state index contributed by atoms with van der Waals surface area (Å²) < 4.78 is 6.26. The lowest BCUT2D eigenvalue weighted by molar-refractivity contribution is -0.118. The summed E-state index contributed by atoms with van der Waals surface area (Å²) in [6, 6.07) is 0. The van der Waals surface area contributed by atoms with E-state index in [2.05, 4.69) is 33.9 Å². The summed E-state index contributed by atoms with van der Waals surface area (Å²) in [5, 5.41) is 0.274. The molecule has 0 N–H and O–H groups in total. The van der Waals surface area contributed by atoms with E-state index in [1.165, 1.54) is 6.42 Å². The van der Waals surface area contributed by atoms with Gasteiger partial charge in [0.05, 0.1) is 0 Å². The highest BCUT2D eigenvalue weighted by Gasteiger charge is 2.60. The maximum Gasteiger partial charge on any atom is 0.192 e. The molecule has 2 nitrogen and oxygen atoms in total. The molecule has 0 aromatic rings. The predicted molar refractivity (Wildman–Crippen MR) is 67.9 cm³/mol. The first-order valence-electron chi connectivity index (χ1n) is 6.32. The zero-order valence-electron chi connectivity index (χ0n) is 11.2. The van der Waals surface area contributed by atoms with Crippen molar-refractivity contribution in [3.63, 3.8) is 0 Å². The van der Waals surface area contributed by atoms with Gasteiger partial charge in [-0.25, -0.2) is 0 Å². The molecule has 16 heavy (non-hydrogen) atoms. The van der Waals surface area contributed by atoms with Gasteiger partial charge in [-0.3, -0.25) is 4.79 Å². The van der Waals surface area contributed by atoms with E-state index in [4.69, 9.17) is 4.43 Å². The molecule has 2 aliphatic carbocycles. The molecule has 2 aliphatic rings. The Morgan fingerprint density at radius 1 is 1.44 bits per heavy atom. The number of hydrogen-bond donors (Lipinski definition) is 0. The van der Waals surface area contributed by atoms with Crippen molar-refractivity contribution in [2.45, 2.75) is 58.2 Å². The van der Waals surface area contributed by atoms with E-state index in [1.54, 1.807) is 0 Å². The van der Waals surface area contributed by atoms with Crippen LogP contribution >= 0.6 is 0 Å². The fraction of sp³-hybridized carbons (Fsp3) is 0.923. The van der Waals surface area contributed by atoms with Gasteiger partial charge < -0.3 is 4.43 Å². The van der Waals surface area contributed by atoms with Crippen molar-refractivity contribution >= 4 is 14.1 Å². The molecule has 2 saturated carbocycles. The molecule has 0 aromatic carbocycles. The van der Waals surface area contributed by atoms with Crippen LogP contribution in [0.5, 0.6) is 0 Å². The third-order valence-corrected chi connectivity index (χ3v) is 9.39. The van der Waals surface area contributed by atoms with Crippen LogP contribution in [0.2, 0.25) is 18.1 Å². The quantitative estimate of drug-likeness (QED) is 0.707. The Hall–Kier alpha value is -0.153. The molecule has 2 atom stereocenters. The third kappa shape index (κ3) is 1.99.